The lowest BCUT2D eigenvalue weighted by Crippen LogP contribution is -2.11. The van der Waals surface area contributed by atoms with Gasteiger partial charge in [-0.1, -0.05) is 18.2 Å². The minimum Gasteiger partial charge on any atom is -0.497 e. The van der Waals surface area contributed by atoms with Crippen molar-refractivity contribution >= 4 is 5.97 Å². The molecular weight excluding hydrogens is 196 g/mol. The minimum absolute atomic E-state index is 0.205. The smallest absolute Gasteiger partial charge is 0.375 e. The van der Waals surface area contributed by atoms with Gasteiger partial charge in [0.15, 0.2) is 0 Å². The van der Waals surface area contributed by atoms with Gasteiger partial charge in [-0.25, -0.2) is 4.79 Å². The highest BCUT2D eigenvalue weighted by atomic mass is 16.5. The number of ether oxygens (including phenoxy) is 2. The number of carboxylic acid groups (broad SMARTS) is 1. The fraction of sp³-hybridized carbons (Fsp3) is 0.182. The average molecular weight is 208 g/mol. The number of aliphatic carboxylic acids is 1. The van der Waals surface area contributed by atoms with Crippen LogP contribution in [0.3, 0.4) is 0 Å². The number of hydrogen-bond donors (Lipinski definition) is 1. The molecule has 0 saturated carbocycles. The topological polar surface area (TPSA) is 55.8 Å². The number of rotatable bonds is 4. The number of allylic oxidation sites excluding steroid dienone is 1. The predicted octanol–water partition coefficient (Wildman–Crippen LogP) is 2.03. The third-order valence-corrected chi connectivity index (χ3v) is 1.78. The van der Waals surface area contributed by atoms with Gasteiger partial charge >= 0.3 is 5.97 Å². The first kappa shape index (κ1) is 11.1. The summed E-state index contributed by atoms with van der Waals surface area (Å²) in [6.07, 6.45) is 0. The molecule has 15 heavy (non-hydrogen) atoms. The van der Waals surface area contributed by atoms with Gasteiger partial charge in [-0.3, -0.25) is 0 Å². The number of methoxy groups -OCH3 is 1. The van der Waals surface area contributed by atoms with Crippen LogP contribution in [0.4, 0.5) is 0 Å². The van der Waals surface area contributed by atoms with Crippen LogP contribution < -0.4 is 4.74 Å². The molecule has 4 nitrogen and oxygen atoms in total. The van der Waals surface area contributed by atoms with Crippen LogP contribution in [0, 0.1) is 0 Å². The summed E-state index contributed by atoms with van der Waals surface area (Å²) in [5, 5.41) is 8.87. The standard InChI is InChI=1S/C11H12O4/c1-8(14-2)10(11(12)13)15-9-6-4-3-5-7-9/h3-7H,1-2H3,(H,12,13). The van der Waals surface area contributed by atoms with Gasteiger partial charge in [-0.2, -0.15) is 0 Å². The largest absolute Gasteiger partial charge is 0.497 e. The van der Waals surface area contributed by atoms with Gasteiger partial charge in [-0.15, -0.1) is 0 Å². The van der Waals surface area contributed by atoms with Crippen molar-refractivity contribution in [1.29, 1.82) is 0 Å². The van der Waals surface area contributed by atoms with E-state index in [1.807, 2.05) is 6.07 Å². The van der Waals surface area contributed by atoms with Crippen molar-refractivity contribution in [3.05, 3.63) is 41.9 Å². The Labute approximate surface area is 87.7 Å². The highest BCUT2D eigenvalue weighted by Crippen LogP contribution is 2.15. The SMILES string of the molecule is COC(C)=C(Oc1ccccc1)C(=O)O. The van der Waals surface area contributed by atoms with Crippen LogP contribution in [0.2, 0.25) is 0 Å². The number of carboxylic acids is 1. The van der Waals surface area contributed by atoms with E-state index in [0.717, 1.165) is 0 Å². The van der Waals surface area contributed by atoms with E-state index in [4.69, 9.17) is 14.6 Å². The Bertz CT molecular complexity index is 367. The third kappa shape index (κ3) is 3.02. The van der Waals surface area contributed by atoms with Crippen LogP contribution in [-0.4, -0.2) is 18.2 Å². The second kappa shape index (κ2) is 5.05. The maximum atomic E-state index is 10.8. The molecule has 0 fully saturated rings. The molecule has 0 aliphatic heterocycles. The molecule has 0 atom stereocenters. The number of benzene rings is 1. The third-order valence-electron chi connectivity index (χ3n) is 1.78. The summed E-state index contributed by atoms with van der Waals surface area (Å²) in [6.45, 7) is 1.53. The average Bonchev–Trinajstić information content (AvgIpc) is 2.26. The zero-order valence-electron chi connectivity index (χ0n) is 8.56. The van der Waals surface area contributed by atoms with Crippen LogP contribution in [0.5, 0.6) is 5.75 Å². The Morgan fingerprint density at radius 3 is 2.33 bits per heavy atom. The van der Waals surface area contributed by atoms with Gasteiger partial charge in [0.05, 0.1) is 7.11 Å². The number of hydrogen-bond acceptors (Lipinski definition) is 3. The van der Waals surface area contributed by atoms with Crippen molar-refractivity contribution in [2.24, 2.45) is 0 Å². The molecule has 0 spiro atoms. The molecular formula is C11H12O4. The second-order valence-electron chi connectivity index (χ2n) is 2.81. The lowest BCUT2D eigenvalue weighted by atomic mass is 10.3. The Balaban J connectivity index is 2.91. The summed E-state index contributed by atoms with van der Waals surface area (Å²) in [6, 6.07) is 8.69. The van der Waals surface area contributed by atoms with E-state index in [0.29, 0.717) is 5.75 Å². The van der Waals surface area contributed by atoms with Gasteiger partial charge in [0.2, 0.25) is 5.76 Å². The van der Waals surface area contributed by atoms with Crippen molar-refractivity contribution in [2.45, 2.75) is 6.92 Å². The zero-order chi connectivity index (χ0) is 11.3. The Morgan fingerprint density at radius 1 is 1.27 bits per heavy atom. The fourth-order valence-electron chi connectivity index (χ4n) is 0.965. The highest BCUT2D eigenvalue weighted by molar-refractivity contribution is 5.85. The summed E-state index contributed by atoms with van der Waals surface area (Å²) >= 11 is 0. The molecule has 0 aromatic heterocycles. The molecule has 0 aliphatic carbocycles. The van der Waals surface area contributed by atoms with Gasteiger partial charge in [-0.05, 0) is 19.1 Å². The van der Waals surface area contributed by atoms with E-state index >= 15 is 0 Å². The number of carbonyl (C=O) groups is 1. The van der Waals surface area contributed by atoms with Gasteiger partial charge in [0, 0.05) is 0 Å². The predicted molar refractivity (Wildman–Crippen MR) is 54.4 cm³/mol. The van der Waals surface area contributed by atoms with E-state index in [-0.39, 0.29) is 11.5 Å². The van der Waals surface area contributed by atoms with Crippen LogP contribution in [0.25, 0.3) is 0 Å². The van der Waals surface area contributed by atoms with Crippen LogP contribution in [0.1, 0.15) is 6.92 Å². The van der Waals surface area contributed by atoms with Gasteiger partial charge in [0.1, 0.15) is 11.5 Å². The van der Waals surface area contributed by atoms with E-state index in [1.54, 1.807) is 24.3 Å². The normalized spacial score (nSPS) is 11.6. The first-order valence-electron chi connectivity index (χ1n) is 4.36. The lowest BCUT2D eigenvalue weighted by molar-refractivity contribution is -0.135. The first-order chi connectivity index (χ1) is 7.15. The second-order valence-corrected chi connectivity index (χ2v) is 2.81. The number of para-hydroxylation sites is 1. The van der Waals surface area contributed by atoms with Crippen molar-refractivity contribution < 1.29 is 19.4 Å². The van der Waals surface area contributed by atoms with E-state index < -0.39 is 5.97 Å². The van der Waals surface area contributed by atoms with E-state index in [9.17, 15) is 4.79 Å². The molecule has 1 rings (SSSR count). The molecule has 0 heterocycles. The van der Waals surface area contributed by atoms with Crippen LogP contribution in [0.15, 0.2) is 41.9 Å². The highest BCUT2D eigenvalue weighted by Gasteiger charge is 2.14. The van der Waals surface area contributed by atoms with Crippen LogP contribution >= 0.6 is 0 Å². The molecule has 0 bridgehead atoms. The quantitative estimate of drug-likeness (QED) is 0.607. The van der Waals surface area contributed by atoms with Crippen molar-refractivity contribution in [2.75, 3.05) is 7.11 Å². The van der Waals surface area contributed by atoms with Crippen LogP contribution in [-0.2, 0) is 9.53 Å². The minimum atomic E-state index is -1.15. The zero-order valence-corrected chi connectivity index (χ0v) is 8.56. The summed E-state index contributed by atoms with van der Waals surface area (Å²) in [5.41, 5.74) is 0. The summed E-state index contributed by atoms with van der Waals surface area (Å²) in [7, 11) is 1.40. The maximum Gasteiger partial charge on any atom is 0.375 e. The molecule has 0 aliphatic rings. The Kier molecular flexibility index (Phi) is 3.74. The monoisotopic (exact) mass is 208 g/mol. The van der Waals surface area contributed by atoms with Gasteiger partial charge in [0.25, 0.3) is 0 Å². The van der Waals surface area contributed by atoms with Crippen molar-refractivity contribution in [3.63, 3.8) is 0 Å². The van der Waals surface area contributed by atoms with E-state index in [2.05, 4.69) is 0 Å². The molecule has 0 radical (unpaired) electrons. The summed E-state index contributed by atoms with van der Waals surface area (Å²) in [4.78, 5) is 10.8. The maximum absolute atomic E-state index is 10.8. The molecule has 1 N–H and O–H groups in total. The molecule has 0 amide bonds. The molecule has 4 heteroatoms. The van der Waals surface area contributed by atoms with E-state index in [1.165, 1.54) is 14.0 Å². The molecule has 0 saturated heterocycles. The molecule has 0 unspecified atom stereocenters. The van der Waals surface area contributed by atoms with Crippen molar-refractivity contribution in [1.82, 2.24) is 0 Å². The first-order valence-corrected chi connectivity index (χ1v) is 4.36. The fourth-order valence-corrected chi connectivity index (χ4v) is 0.965. The Hall–Kier alpha value is -1.97. The molecule has 1 aromatic rings. The summed E-state index contributed by atoms with van der Waals surface area (Å²) < 4.78 is 10.0. The van der Waals surface area contributed by atoms with Gasteiger partial charge < -0.3 is 14.6 Å². The Morgan fingerprint density at radius 2 is 1.87 bits per heavy atom. The molecule has 1 aromatic carbocycles. The van der Waals surface area contributed by atoms with Crippen molar-refractivity contribution in [3.8, 4) is 5.75 Å². The molecule has 80 valence electrons. The summed E-state index contributed by atoms with van der Waals surface area (Å²) in [5.74, 6) is -0.667. The lowest BCUT2D eigenvalue weighted by Gasteiger charge is -2.08.